The minimum Gasteiger partial charge on any atom is -0.758 e. The van der Waals surface area contributed by atoms with Crippen molar-refractivity contribution >= 4 is 21.6 Å². The fourth-order valence-electron chi connectivity index (χ4n) is 2.26. The van der Waals surface area contributed by atoms with Gasteiger partial charge in [-0.05, 0) is 48.9 Å². The molecule has 2 aliphatic rings. The van der Waals surface area contributed by atoms with Gasteiger partial charge in [0.2, 0.25) is 0 Å². The van der Waals surface area contributed by atoms with Gasteiger partial charge in [0.1, 0.15) is 0 Å². The first-order valence-corrected chi connectivity index (χ1v) is 5.80. The number of hydrogen-bond donors (Lipinski definition) is 0. The summed E-state index contributed by atoms with van der Waals surface area (Å²) in [6.45, 7) is 0. The van der Waals surface area contributed by atoms with Gasteiger partial charge in [-0.3, -0.25) is 0 Å². The van der Waals surface area contributed by atoms with Crippen LogP contribution >= 0.6 is 15.9 Å². The summed E-state index contributed by atoms with van der Waals surface area (Å²) < 4.78 is 1.07. The van der Waals surface area contributed by atoms with E-state index in [1.54, 1.807) is 0 Å². The molecule has 3 rings (SSSR count). The van der Waals surface area contributed by atoms with Crippen molar-refractivity contribution in [3.63, 3.8) is 0 Å². The summed E-state index contributed by atoms with van der Waals surface area (Å²) in [6.07, 6.45) is 3.40. The number of halogens is 1. The zero-order chi connectivity index (χ0) is 9.71. The van der Waals surface area contributed by atoms with Gasteiger partial charge in [0, 0.05) is 16.2 Å². The van der Waals surface area contributed by atoms with Crippen LogP contribution in [-0.4, -0.2) is 6.04 Å². The van der Waals surface area contributed by atoms with Crippen LogP contribution in [0.4, 0.5) is 5.69 Å². The average Bonchev–Trinajstić information content (AvgIpc) is 2.93. The van der Waals surface area contributed by atoms with Gasteiger partial charge < -0.3 is 10.3 Å². The molecule has 14 heavy (non-hydrogen) atoms. The van der Waals surface area contributed by atoms with Crippen LogP contribution in [0.15, 0.2) is 22.7 Å². The Morgan fingerprint density at radius 2 is 2.14 bits per heavy atom. The number of hydrogen-bond acceptors (Lipinski definition) is 2. The lowest BCUT2D eigenvalue weighted by Gasteiger charge is -2.33. The molecule has 1 saturated carbocycles. The van der Waals surface area contributed by atoms with Gasteiger partial charge in [-0.15, -0.1) is 0 Å². The van der Waals surface area contributed by atoms with E-state index in [0.717, 1.165) is 16.6 Å². The second-order valence-corrected chi connectivity index (χ2v) is 5.12. The molecule has 1 aliphatic carbocycles. The Bertz CT molecular complexity index is 376. The van der Waals surface area contributed by atoms with Crippen molar-refractivity contribution in [2.45, 2.75) is 25.3 Å². The summed E-state index contributed by atoms with van der Waals surface area (Å²) >= 11 is 3.44. The van der Waals surface area contributed by atoms with Crippen molar-refractivity contribution in [1.82, 2.24) is 0 Å². The SMILES string of the molecule is [O-]N1c2ccc(Br)cc2CC1C1CC1. The van der Waals surface area contributed by atoms with Crippen LogP contribution < -0.4 is 5.06 Å². The normalized spacial score (nSPS) is 25.3. The predicted molar refractivity (Wildman–Crippen MR) is 60.2 cm³/mol. The van der Waals surface area contributed by atoms with Crippen molar-refractivity contribution in [2.75, 3.05) is 5.06 Å². The van der Waals surface area contributed by atoms with Crippen molar-refractivity contribution in [3.8, 4) is 0 Å². The fraction of sp³-hybridized carbons (Fsp3) is 0.455. The monoisotopic (exact) mass is 252 g/mol. The number of nitrogens with zero attached hydrogens (tertiary/aromatic N) is 1. The van der Waals surface area contributed by atoms with E-state index in [4.69, 9.17) is 0 Å². The summed E-state index contributed by atoms with van der Waals surface area (Å²) in [6, 6.07) is 6.16. The maximum absolute atomic E-state index is 11.9. The number of hydroxylamine groups is 1. The third-order valence-corrected chi connectivity index (χ3v) is 3.67. The highest BCUT2D eigenvalue weighted by Crippen LogP contribution is 2.44. The molecule has 0 radical (unpaired) electrons. The maximum atomic E-state index is 11.9. The van der Waals surface area contributed by atoms with Crippen LogP contribution in [0.3, 0.4) is 0 Å². The van der Waals surface area contributed by atoms with Gasteiger partial charge in [-0.25, -0.2) is 0 Å². The Balaban J connectivity index is 1.97. The average molecular weight is 253 g/mol. The molecule has 0 amide bonds. The van der Waals surface area contributed by atoms with Crippen LogP contribution in [0.25, 0.3) is 0 Å². The number of benzene rings is 1. The van der Waals surface area contributed by atoms with E-state index < -0.39 is 0 Å². The minimum atomic E-state index is 0.222. The van der Waals surface area contributed by atoms with Gasteiger partial charge in [0.25, 0.3) is 0 Å². The highest BCUT2D eigenvalue weighted by molar-refractivity contribution is 9.10. The lowest BCUT2D eigenvalue weighted by molar-refractivity contribution is 0.604. The lowest BCUT2D eigenvalue weighted by Crippen LogP contribution is -2.27. The van der Waals surface area contributed by atoms with Crippen LogP contribution in [0, 0.1) is 11.1 Å². The van der Waals surface area contributed by atoms with Crippen LogP contribution in [0.2, 0.25) is 0 Å². The van der Waals surface area contributed by atoms with Gasteiger partial charge in [-0.1, -0.05) is 15.9 Å². The third kappa shape index (κ3) is 1.27. The lowest BCUT2D eigenvalue weighted by atomic mass is 10.1. The zero-order valence-electron chi connectivity index (χ0n) is 7.74. The van der Waals surface area contributed by atoms with Gasteiger partial charge in [0.15, 0.2) is 0 Å². The summed E-state index contributed by atoms with van der Waals surface area (Å²) in [5.41, 5.74) is 2.08. The van der Waals surface area contributed by atoms with Gasteiger partial charge in [0.05, 0.1) is 0 Å². The van der Waals surface area contributed by atoms with Gasteiger partial charge >= 0.3 is 0 Å². The standard InChI is InChI=1S/C11H11BrNO/c12-9-3-4-10-8(5-9)6-11(13(10)14)7-1-2-7/h3-5,7,11H,1-2,6H2/q-1. The van der Waals surface area contributed by atoms with Gasteiger partial charge in [-0.2, -0.15) is 0 Å². The molecule has 1 fully saturated rings. The molecule has 0 saturated heterocycles. The van der Waals surface area contributed by atoms with Crippen LogP contribution in [0.1, 0.15) is 18.4 Å². The maximum Gasteiger partial charge on any atom is 0.0295 e. The second-order valence-electron chi connectivity index (χ2n) is 4.21. The molecule has 0 aromatic heterocycles. The topological polar surface area (TPSA) is 26.3 Å². The molecule has 1 aromatic rings. The minimum absolute atomic E-state index is 0.222. The first-order chi connectivity index (χ1) is 6.75. The molecule has 1 aliphatic heterocycles. The highest BCUT2D eigenvalue weighted by atomic mass is 79.9. The molecule has 0 bridgehead atoms. The highest BCUT2D eigenvalue weighted by Gasteiger charge is 2.36. The molecule has 1 heterocycles. The largest absolute Gasteiger partial charge is 0.758 e. The van der Waals surface area contributed by atoms with Crippen molar-refractivity contribution in [3.05, 3.63) is 33.4 Å². The Hall–Kier alpha value is -0.540. The smallest absolute Gasteiger partial charge is 0.0295 e. The van der Waals surface area contributed by atoms with E-state index in [9.17, 15) is 5.21 Å². The Labute approximate surface area is 91.6 Å². The molecule has 1 aromatic carbocycles. The van der Waals surface area contributed by atoms with E-state index >= 15 is 0 Å². The molecule has 1 atom stereocenters. The predicted octanol–water partition coefficient (Wildman–Crippen LogP) is 3.09. The Kier molecular flexibility index (Phi) is 1.86. The van der Waals surface area contributed by atoms with E-state index in [1.807, 2.05) is 12.1 Å². The van der Waals surface area contributed by atoms with E-state index in [0.29, 0.717) is 5.92 Å². The molecular formula is C11H11BrNO-. The second kappa shape index (κ2) is 2.97. The van der Waals surface area contributed by atoms with Crippen molar-refractivity contribution in [1.29, 1.82) is 0 Å². The first kappa shape index (κ1) is 8.74. The van der Waals surface area contributed by atoms with E-state index in [1.165, 1.54) is 23.5 Å². The fourth-order valence-corrected chi connectivity index (χ4v) is 2.67. The summed E-state index contributed by atoms with van der Waals surface area (Å²) in [4.78, 5) is 0. The Morgan fingerprint density at radius 1 is 1.36 bits per heavy atom. The summed E-state index contributed by atoms with van der Waals surface area (Å²) in [7, 11) is 0. The molecule has 0 spiro atoms. The summed E-state index contributed by atoms with van der Waals surface area (Å²) in [5, 5.41) is 13.1. The molecule has 74 valence electrons. The molecular weight excluding hydrogens is 242 g/mol. The molecule has 3 heteroatoms. The molecule has 1 unspecified atom stereocenters. The quantitative estimate of drug-likeness (QED) is 0.768. The van der Waals surface area contributed by atoms with Crippen LogP contribution in [-0.2, 0) is 6.42 Å². The summed E-state index contributed by atoms with van der Waals surface area (Å²) in [5.74, 6) is 0.652. The number of fused-ring (bicyclic) bond motifs is 1. The Morgan fingerprint density at radius 3 is 2.86 bits per heavy atom. The first-order valence-electron chi connectivity index (χ1n) is 5.00. The third-order valence-electron chi connectivity index (χ3n) is 3.18. The van der Waals surface area contributed by atoms with Crippen molar-refractivity contribution in [2.24, 2.45) is 5.92 Å². The molecule has 2 nitrogen and oxygen atoms in total. The van der Waals surface area contributed by atoms with E-state index in [-0.39, 0.29) is 6.04 Å². The number of anilines is 1. The zero-order valence-corrected chi connectivity index (χ0v) is 9.33. The van der Waals surface area contributed by atoms with E-state index in [2.05, 4.69) is 22.0 Å². The number of rotatable bonds is 1. The van der Waals surface area contributed by atoms with Crippen molar-refractivity contribution < 1.29 is 0 Å². The molecule has 0 N–H and O–H groups in total. The van der Waals surface area contributed by atoms with Crippen LogP contribution in [0.5, 0.6) is 0 Å².